The Labute approximate surface area is 120 Å². The fraction of sp³-hybridized carbons (Fsp3) is 0.462. The van der Waals surface area contributed by atoms with Crippen LogP contribution in [0.2, 0.25) is 0 Å². The lowest BCUT2D eigenvalue weighted by atomic mass is 10.1. The molecule has 96 valence electrons. The van der Waals surface area contributed by atoms with Gasteiger partial charge in [-0.3, -0.25) is 0 Å². The van der Waals surface area contributed by atoms with Crippen molar-refractivity contribution < 1.29 is 38.0 Å². The number of halogens is 1. The third-order valence-corrected chi connectivity index (χ3v) is 2.25. The molecule has 0 fully saturated rings. The first-order chi connectivity index (χ1) is 7.38. The normalized spacial score (nSPS) is 10.6. The smallest absolute Gasteiger partial charge is 0.338 e. The van der Waals surface area contributed by atoms with Crippen molar-refractivity contribution in [2.24, 2.45) is 0 Å². The van der Waals surface area contributed by atoms with Gasteiger partial charge in [0.05, 0.1) is 26.7 Å². The first kappa shape index (κ1) is 16.4. The van der Waals surface area contributed by atoms with Gasteiger partial charge in [-0.05, 0) is 19.1 Å². The second kappa shape index (κ2) is 6.96. The van der Waals surface area contributed by atoms with Crippen molar-refractivity contribution >= 4 is 5.97 Å². The van der Waals surface area contributed by atoms with Gasteiger partial charge in [0.1, 0.15) is 13.2 Å². The van der Waals surface area contributed by atoms with Crippen LogP contribution in [0.25, 0.3) is 0 Å². The van der Waals surface area contributed by atoms with E-state index in [4.69, 9.17) is 4.74 Å². The highest BCUT2D eigenvalue weighted by atomic mass is 127. The average molecular weight is 349 g/mol. The molecule has 1 rings (SSSR count). The van der Waals surface area contributed by atoms with E-state index in [1.54, 1.807) is 6.07 Å². The number of carbonyl (C=O) groups is 1. The fourth-order valence-corrected chi connectivity index (χ4v) is 1.27. The highest BCUT2D eigenvalue weighted by Crippen LogP contribution is 2.05. The van der Waals surface area contributed by atoms with Crippen molar-refractivity contribution in [3.8, 4) is 0 Å². The SMILES string of the molecule is Cc1cccc(C(=O)OCC[N+](C)(C)C)c1.[I-]. The van der Waals surface area contributed by atoms with Crippen molar-refractivity contribution in [3.63, 3.8) is 0 Å². The second-order valence-corrected chi connectivity index (χ2v) is 5.02. The standard InChI is InChI=1S/C13H20NO2.HI/c1-11-6-5-7-12(10-11)13(15)16-9-8-14(2,3)4;/h5-7,10H,8-9H2,1-4H3;1H/q+1;/p-1. The minimum absolute atomic E-state index is 0. The molecule has 0 saturated heterocycles. The predicted molar refractivity (Wildman–Crippen MR) is 64.4 cm³/mol. The van der Waals surface area contributed by atoms with Gasteiger partial charge in [0, 0.05) is 0 Å². The van der Waals surface area contributed by atoms with E-state index < -0.39 is 0 Å². The predicted octanol–water partition coefficient (Wildman–Crippen LogP) is -1.14. The first-order valence-electron chi connectivity index (χ1n) is 5.43. The molecule has 1 aromatic carbocycles. The van der Waals surface area contributed by atoms with Gasteiger partial charge in [-0.15, -0.1) is 0 Å². The Balaban J connectivity index is 0.00000256. The van der Waals surface area contributed by atoms with E-state index in [0.29, 0.717) is 12.2 Å². The molecular weight excluding hydrogens is 329 g/mol. The van der Waals surface area contributed by atoms with Gasteiger partial charge < -0.3 is 33.2 Å². The summed E-state index contributed by atoms with van der Waals surface area (Å²) in [4.78, 5) is 11.7. The Morgan fingerprint density at radius 3 is 2.47 bits per heavy atom. The lowest BCUT2D eigenvalue weighted by Gasteiger charge is -2.23. The van der Waals surface area contributed by atoms with Crippen molar-refractivity contribution in [2.75, 3.05) is 34.3 Å². The molecule has 0 radical (unpaired) electrons. The lowest BCUT2D eigenvalue weighted by Crippen LogP contribution is -3.00. The molecule has 3 nitrogen and oxygen atoms in total. The van der Waals surface area contributed by atoms with Crippen LogP contribution < -0.4 is 24.0 Å². The third-order valence-electron chi connectivity index (χ3n) is 2.25. The molecule has 0 atom stereocenters. The first-order valence-corrected chi connectivity index (χ1v) is 5.43. The van der Waals surface area contributed by atoms with Crippen LogP contribution in [0.3, 0.4) is 0 Å². The summed E-state index contributed by atoms with van der Waals surface area (Å²) in [6.45, 7) is 3.23. The topological polar surface area (TPSA) is 26.3 Å². The van der Waals surface area contributed by atoms with Crippen LogP contribution >= 0.6 is 0 Å². The maximum Gasteiger partial charge on any atom is 0.338 e. The van der Waals surface area contributed by atoms with Gasteiger partial charge in [0.2, 0.25) is 0 Å². The minimum atomic E-state index is -0.239. The van der Waals surface area contributed by atoms with E-state index in [1.807, 2.05) is 25.1 Å². The Bertz CT molecular complexity index is 372. The zero-order chi connectivity index (χ0) is 12.2. The summed E-state index contributed by atoms with van der Waals surface area (Å²) in [5.74, 6) is -0.239. The summed E-state index contributed by atoms with van der Waals surface area (Å²) in [6.07, 6.45) is 0. The van der Waals surface area contributed by atoms with Gasteiger partial charge in [-0.25, -0.2) is 4.79 Å². The Hall–Kier alpha value is -0.620. The number of likely N-dealkylation sites (N-methyl/N-ethyl adjacent to an activating group) is 1. The van der Waals surface area contributed by atoms with Crippen LogP contribution in [0.4, 0.5) is 0 Å². The fourth-order valence-electron chi connectivity index (χ4n) is 1.27. The molecule has 17 heavy (non-hydrogen) atoms. The number of hydrogen-bond donors (Lipinski definition) is 0. The molecule has 1 aromatic rings. The highest BCUT2D eigenvalue weighted by Gasteiger charge is 2.10. The molecule has 0 amide bonds. The number of esters is 1. The molecule has 0 heterocycles. The largest absolute Gasteiger partial charge is 1.00 e. The molecule has 0 aromatic heterocycles. The zero-order valence-electron chi connectivity index (χ0n) is 10.9. The lowest BCUT2D eigenvalue weighted by molar-refractivity contribution is -0.870. The quantitative estimate of drug-likeness (QED) is 0.390. The molecule has 0 aliphatic rings. The van der Waals surface area contributed by atoms with E-state index in [0.717, 1.165) is 16.6 Å². The zero-order valence-corrected chi connectivity index (χ0v) is 13.0. The van der Waals surface area contributed by atoms with E-state index in [9.17, 15) is 4.79 Å². The van der Waals surface area contributed by atoms with Gasteiger partial charge in [0.15, 0.2) is 0 Å². The molecule has 0 spiro atoms. The van der Waals surface area contributed by atoms with Crippen LogP contribution in [0, 0.1) is 6.92 Å². The molecule has 0 unspecified atom stereocenters. The van der Waals surface area contributed by atoms with Crippen molar-refractivity contribution in [1.29, 1.82) is 0 Å². The van der Waals surface area contributed by atoms with Gasteiger partial charge in [-0.1, -0.05) is 17.7 Å². The number of rotatable bonds is 4. The highest BCUT2D eigenvalue weighted by molar-refractivity contribution is 5.89. The second-order valence-electron chi connectivity index (χ2n) is 5.02. The van der Waals surface area contributed by atoms with Crippen LogP contribution in [0.1, 0.15) is 15.9 Å². The number of ether oxygens (including phenoxy) is 1. The summed E-state index contributed by atoms with van der Waals surface area (Å²) in [7, 11) is 6.21. The number of carbonyl (C=O) groups excluding carboxylic acids is 1. The van der Waals surface area contributed by atoms with Crippen LogP contribution in [0.5, 0.6) is 0 Å². The van der Waals surface area contributed by atoms with E-state index >= 15 is 0 Å². The maximum absolute atomic E-state index is 11.7. The van der Waals surface area contributed by atoms with Crippen molar-refractivity contribution in [2.45, 2.75) is 6.92 Å². The molecule has 0 bridgehead atoms. The number of quaternary nitrogens is 1. The Morgan fingerprint density at radius 1 is 1.29 bits per heavy atom. The monoisotopic (exact) mass is 349 g/mol. The summed E-state index contributed by atoms with van der Waals surface area (Å²) in [5, 5.41) is 0. The van der Waals surface area contributed by atoms with Crippen molar-refractivity contribution in [1.82, 2.24) is 0 Å². The number of hydrogen-bond acceptors (Lipinski definition) is 2. The maximum atomic E-state index is 11.7. The van der Waals surface area contributed by atoms with Gasteiger partial charge in [-0.2, -0.15) is 0 Å². The molecule has 0 aliphatic carbocycles. The minimum Gasteiger partial charge on any atom is -1.00 e. The van der Waals surface area contributed by atoms with Gasteiger partial charge >= 0.3 is 5.97 Å². The van der Waals surface area contributed by atoms with E-state index in [1.165, 1.54) is 0 Å². The van der Waals surface area contributed by atoms with Gasteiger partial charge in [0.25, 0.3) is 0 Å². The summed E-state index contributed by atoms with van der Waals surface area (Å²) < 4.78 is 6.00. The van der Waals surface area contributed by atoms with E-state index in [2.05, 4.69) is 21.1 Å². The Kier molecular flexibility index (Phi) is 6.70. The summed E-state index contributed by atoms with van der Waals surface area (Å²) in [6, 6.07) is 7.45. The molecule has 4 heteroatoms. The molecule has 0 N–H and O–H groups in total. The molecule has 0 aliphatic heterocycles. The third kappa shape index (κ3) is 6.63. The summed E-state index contributed by atoms with van der Waals surface area (Å²) >= 11 is 0. The van der Waals surface area contributed by atoms with Crippen molar-refractivity contribution in [3.05, 3.63) is 35.4 Å². The van der Waals surface area contributed by atoms with Crippen LogP contribution in [-0.4, -0.2) is 44.7 Å². The Morgan fingerprint density at radius 2 is 1.94 bits per heavy atom. The molecular formula is C13H20INO2. The number of aryl methyl sites for hydroxylation is 1. The van der Waals surface area contributed by atoms with Crippen LogP contribution in [-0.2, 0) is 4.74 Å². The van der Waals surface area contributed by atoms with Crippen LogP contribution in [0.15, 0.2) is 24.3 Å². The van der Waals surface area contributed by atoms with E-state index in [-0.39, 0.29) is 29.9 Å². The number of nitrogens with zero attached hydrogens (tertiary/aromatic N) is 1. The average Bonchev–Trinajstić information content (AvgIpc) is 2.15. The number of benzene rings is 1. The molecule has 0 saturated carbocycles. The summed E-state index contributed by atoms with van der Waals surface area (Å²) in [5.41, 5.74) is 1.70.